The standard InChI is InChI=1S/C13H16N4O2.ClH/c14-13(15-6-3-7-18)17-12(19)11-8-9-4-1-2-5-10(9)16-11;/h1-2,4-5,8,16,18H,3,6-7H2,(H3,14,15,17,19);1H. The van der Waals surface area contributed by atoms with Gasteiger partial charge >= 0.3 is 0 Å². The van der Waals surface area contributed by atoms with Crippen molar-refractivity contribution in [2.24, 2.45) is 10.7 Å². The molecule has 0 saturated heterocycles. The molecular weight excluding hydrogens is 280 g/mol. The van der Waals surface area contributed by atoms with E-state index in [0.29, 0.717) is 18.7 Å². The summed E-state index contributed by atoms with van der Waals surface area (Å²) >= 11 is 0. The predicted octanol–water partition coefficient (Wildman–Crippen LogP) is 1.02. The van der Waals surface area contributed by atoms with E-state index in [0.717, 1.165) is 10.9 Å². The van der Waals surface area contributed by atoms with Crippen molar-refractivity contribution in [3.8, 4) is 0 Å². The molecule has 20 heavy (non-hydrogen) atoms. The quantitative estimate of drug-likeness (QED) is 0.385. The molecule has 0 spiro atoms. The Morgan fingerprint density at radius 3 is 2.85 bits per heavy atom. The fraction of sp³-hybridized carbons (Fsp3) is 0.231. The van der Waals surface area contributed by atoms with Crippen LogP contribution in [-0.4, -0.2) is 35.1 Å². The highest BCUT2D eigenvalue weighted by atomic mass is 35.5. The number of aromatic nitrogens is 1. The van der Waals surface area contributed by atoms with Gasteiger partial charge < -0.3 is 15.8 Å². The lowest BCUT2D eigenvalue weighted by atomic mass is 10.2. The van der Waals surface area contributed by atoms with Gasteiger partial charge in [-0.15, -0.1) is 12.4 Å². The number of hydrogen-bond acceptors (Lipinski definition) is 3. The van der Waals surface area contributed by atoms with Crippen LogP contribution in [0.15, 0.2) is 35.3 Å². The highest BCUT2D eigenvalue weighted by molar-refractivity contribution is 6.06. The third kappa shape index (κ3) is 3.97. The Morgan fingerprint density at radius 1 is 1.40 bits per heavy atom. The van der Waals surface area contributed by atoms with Crippen molar-refractivity contribution < 1.29 is 9.90 Å². The average Bonchev–Trinajstić information content (AvgIpc) is 2.83. The molecule has 6 nitrogen and oxygen atoms in total. The van der Waals surface area contributed by atoms with Gasteiger partial charge in [0, 0.05) is 24.1 Å². The molecule has 1 aromatic heterocycles. The Balaban J connectivity index is 0.00000200. The van der Waals surface area contributed by atoms with Crippen molar-refractivity contribution in [2.45, 2.75) is 6.42 Å². The molecule has 7 heteroatoms. The zero-order valence-electron chi connectivity index (χ0n) is 10.8. The van der Waals surface area contributed by atoms with E-state index in [2.05, 4.69) is 15.3 Å². The van der Waals surface area contributed by atoms with E-state index in [4.69, 9.17) is 10.8 Å². The molecule has 1 heterocycles. The second-order valence-corrected chi connectivity index (χ2v) is 4.07. The summed E-state index contributed by atoms with van der Waals surface area (Å²) in [4.78, 5) is 18.8. The molecule has 0 fully saturated rings. The molecule has 0 atom stereocenters. The lowest BCUT2D eigenvalue weighted by Crippen LogP contribution is -2.37. The molecule has 0 aliphatic carbocycles. The molecule has 1 amide bonds. The Morgan fingerprint density at radius 2 is 2.15 bits per heavy atom. The normalized spacial score (nSPS) is 11.2. The van der Waals surface area contributed by atoms with Crippen LogP contribution in [0.2, 0.25) is 0 Å². The Labute approximate surface area is 122 Å². The minimum Gasteiger partial charge on any atom is -0.396 e. The Bertz CT molecular complexity index is 576. The number of aromatic amines is 1. The molecule has 0 radical (unpaired) electrons. The van der Waals surface area contributed by atoms with Crippen LogP contribution in [0.3, 0.4) is 0 Å². The number of benzene rings is 1. The number of guanidine groups is 1. The number of fused-ring (bicyclic) bond motifs is 1. The maximum absolute atomic E-state index is 11.9. The number of nitrogens with zero attached hydrogens (tertiary/aromatic N) is 1. The van der Waals surface area contributed by atoms with Gasteiger partial charge in [0.2, 0.25) is 0 Å². The summed E-state index contributed by atoms with van der Waals surface area (Å²) in [5.41, 5.74) is 6.89. The molecule has 0 saturated carbocycles. The summed E-state index contributed by atoms with van der Waals surface area (Å²) in [6, 6.07) is 9.37. The maximum atomic E-state index is 11.9. The summed E-state index contributed by atoms with van der Waals surface area (Å²) < 4.78 is 0. The molecular formula is C13H17ClN4O2. The average molecular weight is 297 g/mol. The highest BCUT2D eigenvalue weighted by Crippen LogP contribution is 2.14. The number of hydrogen-bond donors (Lipinski definition) is 4. The third-order valence-electron chi connectivity index (χ3n) is 2.61. The van der Waals surface area contributed by atoms with E-state index >= 15 is 0 Å². The number of nitrogens with one attached hydrogen (secondary N) is 2. The van der Waals surface area contributed by atoms with E-state index in [-0.39, 0.29) is 30.9 Å². The van der Waals surface area contributed by atoms with Crippen molar-refractivity contribution in [1.29, 1.82) is 0 Å². The lowest BCUT2D eigenvalue weighted by molar-refractivity contribution is 0.0972. The third-order valence-corrected chi connectivity index (χ3v) is 2.61. The number of nitrogens with two attached hydrogens (primary N) is 1. The largest absolute Gasteiger partial charge is 0.396 e. The van der Waals surface area contributed by atoms with Crippen LogP contribution in [0.4, 0.5) is 0 Å². The number of para-hydroxylation sites is 1. The SMILES string of the molecule is Cl.NC(=NCCCO)NC(=O)c1cc2ccccc2[nH]1. The number of aliphatic hydroxyl groups excluding tert-OH is 1. The van der Waals surface area contributed by atoms with Crippen molar-refractivity contribution in [3.63, 3.8) is 0 Å². The van der Waals surface area contributed by atoms with Gasteiger partial charge in [0.15, 0.2) is 5.96 Å². The summed E-state index contributed by atoms with van der Waals surface area (Å²) in [6.45, 7) is 0.433. The van der Waals surface area contributed by atoms with Crippen LogP contribution >= 0.6 is 12.4 Å². The number of carbonyl (C=O) groups excluding carboxylic acids is 1. The van der Waals surface area contributed by atoms with Gasteiger partial charge in [-0.2, -0.15) is 0 Å². The van der Waals surface area contributed by atoms with E-state index < -0.39 is 0 Å². The molecule has 5 N–H and O–H groups in total. The molecule has 0 bridgehead atoms. The molecule has 0 aliphatic heterocycles. The first kappa shape index (κ1) is 16.0. The summed E-state index contributed by atoms with van der Waals surface area (Å²) in [5.74, 6) is -0.279. The molecule has 0 unspecified atom stereocenters. The van der Waals surface area contributed by atoms with Crippen LogP contribution in [0, 0.1) is 0 Å². The van der Waals surface area contributed by atoms with Gasteiger partial charge in [-0.05, 0) is 18.6 Å². The lowest BCUT2D eigenvalue weighted by Gasteiger charge is -2.02. The van der Waals surface area contributed by atoms with E-state index in [9.17, 15) is 4.79 Å². The van der Waals surface area contributed by atoms with E-state index in [1.54, 1.807) is 6.07 Å². The van der Waals surface area contributed by atoms with Gasteiger partial charge in [-0.25, -0.2) is 0 Å². The number of aliphatic imine (C=N–C) groups is 1. The second-order valence-electron chi connectivity index (χ2n) is 4.07. The fourth-order valence-corrected chi connectivity index (χ4v) is 1.69. The topological polar surface area (TPSA) is 104 Å². The molecule has 2 aromatic rings. The van der Waals surface area contributed by atoms with Crippen LogP contribution in [0.5, 0.6) is 0 Å². The smallest absolute Gasteiger partial charge is 0.274 e. The van der Waals surface area contributed by atoms with Gasteiger partial charge in [-0.3, -0.25) is 15.1 Å². The number of H-pyrrole nitrogens is 1. The fourth-order valence-electron chi connectivity index (χ4n) is 1.69. The van der Waals surface area contributed by atoms with Gasteiger partial charge in [0.05, 0.1) is 0 Å². The van der Waals surface area contributed by atoms with E-state index in [1.165, 1.54) is 0 Å². The number of amides is 1. The first-order chi connectivity index (χ1) is 9.20. The van der Waals surface area contributed by atoms with Crippen LogP contribution in [-0.2, 0) is 0 Å². The highest BCUT2D eigenvalue weighted by Gasteiger charge is 2.09. The van der Waals surface area contributed by atoms with Crippen LogP contribution < -0.4 is 11.1 Å². The van der Waals surface area contributed by atoms with Crippen molar-refractivity contribution in [2.75, 3.05) is 13.2 Å². The first-order valence-electron chi connectivity index (χ1n) is 6.00. The van der Waals surface area contributed by atoms with Crippen molar-refractivity contribution in [1.82, 2.24) is 10.3 Å². The van der Waals surface area contributed by atoms with Crippen LogP contribution in [0.1, 0.15) is 16.9 Å². The summed E-state index contributed by atoms with van der Waals surface area (Å²) in [5, 5.41) is 12.1. The van der Waals surface area contributed by atoms with Gasteiger partial charge in [0.25, 0.3) is 5.91 Å². The van der Waals surface area contributed by atoms with Crippen LogP contribution in [0.25, 0.3) is 10.9 Å². The zero-order valence-corrected chi connectivity index (χ0v) is 11.6. The van der Waals surface area contributed by atoms with Gasteiger partial charge in [-0.1, -0.05) is 18.2 Å². The predicted molar refractivity (Wildman–Crippen MR) is 81.2 cm³/mol. The Kier molecular flexibility index (Phi) is 6.02. The summed E-state index contributed by atoms with van der Waals surface area (Å²) in [7, 11) is 0. The molecule has 1 aromatic carbocycles. The molecule has 0 aliphatic rings. The number of rotatable bonds is 4. The molecule has 108 valence electrons. The minimum atomic E-state index is -0.332. The van der Waals surface area contributed by atoms with Crippen molar-refractivity contribution in [3.05, 3.63) is 36.0 Å². The van der Waals surface area contributed by atoms with E-state index in [1.807, 2.05) is 24.3 Å². The van der Waals surface area contributed by atoms with Crippen molar-refractivity contribution >= 4 is 35.2 Å². The maximum Gasteiger partial charge on any atom is 0.274 e. The summed E-state index contributed by atoms with van der Waals surface area (Å²) in [6.07, 6.45) is 0.517. The number of halogens is 1. The number of aliphatic hydroxyl groups is 1. The first-order valence-corrected chi connectivity index (χ1v) is 6.00. The van der Waals surface area contributed by atoms with Gasteiger partial charge in [0.1, 0.15) is 5.69 Å². The second kappa shape index (κ2) is 7.52. The zero-order chi connectivity index (χ0) is 13.7. The number of carbonyl (C=O) groups is 1. The Hall–Kier alpha value is -2.05. The molecule has 2 rings (SSSR count). The monoisotopic (exact) mass is 296 g/mol. The minimum absolute atomic E-state index is 0.